The average molecular weight is 489 g/mol. The van der Waals surface area contributed by atoms with Gasteiger partial charge in [-0.1, -0.05) is 11.6 Å². The molecule has 0 spiro atoms. The van der Waals surface area contributed by atoms with E-state index < -0.39 is 12.0 Å². The van der Waals surface area contributed by atoms with Crippen molar-refractivity contribution in [2.24, 2.45) is 5.73 Å². The van der Waals surface area contributed by atoms with Gasteiger partial charge >= 0.3 is 0 Å². The number of pyridine rings is 2. The number of imidazole rings is 1. The summed E-state index contributed by atoms with van der Waals surface area (Å²) in [5.41, 5.74) is 9.34. The topological polar surface area (TPSA) is 113 Å². The van der Waals surface area contributed by atoms with Crippen LogP contribution in [0.4, 0.5) is 0 Å². The van der Waals surface area contributed by atoms with Crippen molar-refractivity contribution >= 4 is 34.0 Å². The first-order valence-corrected chi connectivity index (χ1v) is 11.2. The van der Waals surface area contributed by atoms with Crippen LogP contribution in [0.15, 0.2) is 64.3 Å². The van der Waals surface area contributed by atoms with Crippen LogP contribution >= 0.6 is 11.6 Å². The standard InChI is InChI=1S/C26H21ClN4O4/c1-13-8-18(15(3)34-20-6-7-21(27)30-22(20)26(28)33)25-19(9-13)23(32)14(2)24(35-25)16-4-5-17-10-29-12-31(17)11-16/h4-12,15H,1-3H3,(H2,28,33). The van der Waals surface area contributed by atoms with Crippen LogP contribution in [-0.2, 0) is 0 Å². The second-order valence-corrected chi connectivity index (χ2v) is 8.75. The summed E-state index contributed by atoms with van der Waals surface area (Å²) in [5.74, 6) is -0.117. The molecule has 0 aliphatic carbocycles. The van der Waals surface area contributed by atoms with Gasteiger partial charge in [-0.25, -0.2) is 9.97 Å². The quantitative estimate of drug-likeness (QED) is 0.348. The van der Waals surface area contributed by atoms with E-state index in [9.17, 15) is 9.59 Å². The van der Waals surface area contributed by atoms with E-state index in [1.54, 1.807) is 32.4 Å². The largest absolute Gasteiger partial charge is 0.483 e. The summed E-state index contributed by atoms with van der Waals surface area (Å²) in [6.07, 6.45) is 4.70. The van der Waals surface area contributed by atoms with Crippen LogP contribution in [0.5, 0.6) is 5.75 Å². The van der Waals surface area contributed by atoms with Crippen LogP contribution < -0.4 is 15.9 Å². The molecule has 0 fully saturated rings. The van der Waals surface area contributed by atoms with Gasteiger partial charge < -0.3 is 19.3 Å². The zero-order chi connectivity index (χ0) is 24.9. The molecule has 0 saturated heterocycles. The number of fused-ring (bicyclic) bond motifs is 2. The van der Waals surface area contributed by atoms with E-state index in [4.69, 9.17) is 26.5 Å². The number of ether oxygens (including phenoxy) is 1. The van der Waals surface area contributed by atoms with Gasteiger partial charge in [-0.15, -0.1) is 0 Å². The molecule has 35 heavy (non-hydrogen) atoms. The highest BCUT2D eigenvalue weighted by atomic mass is 35.5. The Labute approximate surface area is 204 Å². The Hall–Kier alpha value is -4.17. The van der Waals surface area contributed by atoms with E-state index in [1.165, 1.54) is 12.1 Å². The first-order chi connectivity index (χ1) is 16.7. The Morgan fingerprint density at radius 2 is 2.00 bits per heavy atom. The maximum Gasteiger partial charge on any atom is 0.271 e. The van der Waals surface area contributed by atoms with Gasteiger partial charge in [-0.2, -0.15) is 0 Å². The molecule has 0 bridgehead atoms. The number of amides is 1. The van der Waals surface area contributed by atoms with Crippen molar-refractivity contribution in [3.8, 4) is 17.1 Å². The predicted octanol–water partition coefficient (Wildman–Crippen LogP) is 5.01. The van der Waals surface area contributed by atoms with E-state index in [0.29, 0.717) is 27.9 Å². The molecular formula is C26H21ClN4O4. The lowest BCUT2D eigenvalue weighted by atomic mass is 10.00. The minimum Gasteiger partial charge on any atom is -0.483 e. The molecule has 4 aromatic heterocycles. The van der Waals surface area contributed by atoms with Crippen molar-refractivity contribution in [2.45, 2.75) is 26.9 Å². The highest BCUT2D eigenvalue weighted by molar-refractivity contribution is 6.29. The molecule has 0 radical (unpaired) electrons. The number of primary amides is 1. The zero-order valence-corrected chi connectivity index (χ0v) is 20.0. The smallest absolute Gasteiger partial charge is 0.271 e. The van der Waals surface area contributed by atoms with Crippen LogP contribution in [0.25, 0.3) is 27.8 Å². The number of aromatic nitrogens is 3. The fourth-order valence-corrected chi connectivity index (χ4v) is 4.29. The Morgan fingerprint density at radius 1 is 1.20 bits per heavy atom. The first kappa shape index (κ1) is 22.6. The van der Waals surface area contributed by atoms with Crippen molar-refractivity contribution in [2.75, 3.05) is 0 Å². The van der Waals surface area contributed by atoms with Gasteiger partial charge in [-0.3, -0.25) is 9.59 Å². The van der Waals surface area contributed by atoms with E-state index in [1.807, 2.05) is 35.7 Å². The number of carbonyl (C=O) groups excluding carboxylic acids is 1. The van der Waals surface area contributed by atoms with Crippen LogP contribution in [-0.4, -0.2) is 20.3 Å². The third-order valence-electron chi connectivity index (χ3n) is 5.86. The number of carbonyl (C=O) groups is 1. The number of hydrogen-bond donors (Lipinski definition) is 1. The molecule has 176 valence electrons. The van der Waals surface area contributed by atoms with Gasteiger partial charge in [0.2, 0.25) is 0 Å². The van der Waals surface area contributed by atoms with E-state index in [-0.39, 0.29) is 22.0 Å². The summed E-state index contributed by atoms with van der Waals surface area (Å²) in [6.45, 7) is 5.44. The van der Waals surface area contributed by atoms with Crippen LogP contribution in [0.3, 0.4) is 0 Å². The van der Waals surface area contributed by atoms with Crippen LogP contribution in [0.1, 0.15) is 40.2 Å². The van der Waals surface area contributed by atoms with Crippen molar-refractivity contribution in [1.29, 1.82) is 0 Å². The third kappa shape index (κ3) is 4.02. The van der Waals surface area contributed by atoms with Crippen LogP contribution in [0.2, 0.25) is 5.15 Å². The Balaban J connectivity index is 1.67. The number of benzene rings is 1. The Bertz CT molecular complexity index is 1690. The molecule has 5 aromatic rings. The SMILES string of the molecule is Cc1cc(C(C)Oc2ccc(Cl)nc2C(N)=O)c2oc(-c3ccc4cncn4c3)c(C)c(=O)c2c1. The van der Waals surface area contributed by atoms with Gasteiger partial charge in [0.25, 0.3) is 5.91 Å². The molecule has 9 heteroatoms. The second-order valence-electron chi connectivity index (χ2n) is 8.36. The second kappa shape index (κ2) is 8.56. The molecule has 4 heterocycles. The van der Waals surface area contributed by atoms with E-state index >= 15 is 0 Å². The summed E-state index contributed by atoms with van der Waals surface area (Å²) in [4.78, 5) is 33.4. The molecule has 1 unspecified atom stereocenters. The lowest BCUT2D eigenvalue weighted by Crippen LogP contribution is -2.17. The number of nitrogens with zero attached hydrogens (tertiary/aromatic N) is 3. The summed E-state index contributed by atoms with van der Waals surface area (Å²) in [7, 11) is 0. The monoisotopic (exact) mass is 488 g/mol. The van der Waals surface area contributed by atoms with Gasteiger partial charge in [0.1, 0.15) is 22.6 Å². The van der Waals surface area contributed by atoms with Gasteiger partial charge in [0.15, 0.2) is 16.9 Å². The highest BCUT2D eigenvalue weighted by Gasteiger charge is 2.22. The molecule has 8 nitrogen and oxygen atoms in total. The van der Waals surface area contributed by atoms with E-state index in [0.717, 1.165) is 16.6 Å². The lowest BCUT2D eigenvalue weighted by Gasteiger charge is -2.19. The van der Waals surface area contributed by atoms with Crippen molar-refractivity contribution in [1.82, 2.24) is 14.4 Å². The average Bonchev–Trinajstić information content (AvgIpc) is 3.30. The van der Waals surface area contributed by atoms with Crippen molar-refractivity contribution in [3.63, 3.8) is 0 Å². The third-order valence-corrected chi connectivity index (χ3v) is 6.07. The maximum absolute atomic E-state index is 13.4. The van der Waals surface area contributed by atoms with Gasteiger partial charge in [-0.05, 0) is 62.7 Å². The molecule has 0 aliphatic heterocycles. The molecule has 0 aliphatic rings. The molecule has 1 amide bonds. The predicted molar refractivity (Wildman–Crippen MR) is 133 cm³/mol. The van der Waals surface area contributed by atoms with Gasteiger partial charge in [0, 0.05) is 22.9 Å². The zero-order valence-electron chi connectivity index (χ0n) is 19.2. The number of rotatable bonds is 5. The number of hydrogen-bond acceptors (Lipinski definition) is 6. The molecule has 1 aromatic carbocycles. The van der Waals surface area contributed by atoms with Gasteiger partial charge in [0.05, 0.1) is 23.4 Å². The summed E-state index contributed by atoms with van der Waals surface area (Å²) >= 11 is 5.92. The molecule has 5 rings (SSSR count). The van der Waals surface area contributed by atoms with E-state index in [2.05, 4.69) is 9.97 Å². The Morgan fingerprint density at radius 3 is 2.77 bits per heavy atom. The Kier molecular flexibility index (Phi) is 5.53. The van der Waals surface area contributed by atoms with Crippen molar-refractivity contribution < 1.29 is 13.9 Å². The lowest BCUT2D eigenvalue weighted by molar-refractivity contribution is 0.0988. The molecule has 1 atom stereocenters. The summed E-state index contributed by atoms with van der Waals surface area (Å²) in [6, 6.07) is 10.5. The highest BCUT2D eigenvalue weighted by Crippen LogP contribution is 2.33. The molecule has 2 N–H and O–H groups in total. The molecule has 0 saturated carbocycles. The number of nitrogens with two attached hydrogens (primary N) is 1. The minimum absolute atomic E-state index is 0.0760. The van der Waals surface area contributed by atoms with Crippen LogP contribution in [0, 0.1) is 13.8 Å². The minimum atomic E-state index is -0.761. The van der Waals surface area contributed by atoms with Crippen molar-refractivity contribution in [3.05, 3.63) is 92.9 Å². The normalized spacial score (nSPS) is 12.2. The maximum atomic E-state index is 13.4. The summed E-state index contributed by atoms with van der Waals surface area (Å²) in [5, 5.41) is 0.575. The summed E-state index contributed by atoms with van der Waals surface area (Å²) < 4.78 is 14.3. The number of halogens is 1. The fraction of sp³-hybridized carbons (Fsp3) is 0.154. The first-order valence-electron chi connectivity index (χ1n) is 10.9. The fourth-order valence-electron chi connectivity index (χ4n) is 4.15. The number of aryl methyl sites for hydroxylation is 1. The molecular weight excluding hydrogens is 468 g/mol.